The van der Waals surface area contributed by atoms with Crippen molar-refractivity contribution in [1.82, 2.24) is 0 Å². The summed E-state index contributed by atoms with van der Waals surface area (Å²) in [4.78, 5) is 8.90. The average Bonchev–Trinajstić information content (AvgIpc) is 2.23. The SMILES string of the molecule is CCOP(C)(=O)C(CCN)C(F)(F)F.O=C(O)C(F)(F)F. The maximum absolute atomic E-state index is 12.4. The molecule has 0 aromatic heterocycles. The molecule has 128 valence electrons. The average molecular weight is 347 g/mol. The van der Waals surface area contributed by atoms with Crippen LogP contribution in [0.1, 0.15) is 13.3 Å². The molecule has 0 rings (SSSR count). The lowest BCUT2D eigenvalue weighted by molar-refractivity contribution is -0.192. The number of carboxylic acid groups (broad SMARTS) is 1. The highest BCUT2D eigenvalue weighted by Gasteiger charge is 2.49. The van der Waals surface area contributed by atoms with E-state index in [0.717, 1.165) is 6.66 Å². The third-order valence-corrected chi connectivity index (χ3v) is 4.47. The second-order valence-corrected chi connectivity index (χ2v) is 6.46. The summed E-state index contributed by atoms with van der Waals surface area (Å²) >= 11 is 0. The zero-order valence-electron chi connectivity index (χ0n) is 11.2. The largest absolute Gasteiger partial charge is 0.490 e. The number of hydrogen-bond donors (Lipinski definition) is 2. The molecule has 3 N–H and O–H groups in total. The fourth-order valence-corrected chi connectivity index (χ4v) is 3.01. The molecule has 0 aliphatic carbocycles. The first kappa shape index (κ1) is 22.5. The zero-order chi connectivity index (χ0) is 17.5. The molecule has 5 nitrogen and oxygen atoms in total. The summed E-state index contributed by atoms with van der Waals surface area (Å²) in [6, 6.07) is 0. The summed E-state index contributed by atoms with van der Waals surface area (Å²) in [7, 11) is -3.65. The molecule has 12 heteroatoms. The monoisotopic (exact) mass is 347 g/mol. The van der Waals surface area contributed by atoms with Gasteiger partial charge in [0.2, 0.25) is 7.37 Å². The van der Waals surface area contributed by atoms with Gasteiger partial charge in [0.25, 0.3) is 0 Å². The minimum atomic E-state index is -5.08. The molecule has 0 heterocycles. The fourth-order valence-electron chi connectivity index (χ4n) is 1.17. The maximum Gasteiger partial charge on any atom is 0.490 e. The van der Waals surface area contributed by atoms with Gasteiger partial charge in [-0.1, -0.05) is 0 Å². The second-order valence-electron chi connectivity index (χ2n) is 3.76. The number of carboxylic acids is 1. The van der Waals surface area contributed by atoms with Crippen LogP contribution in [0.25, 0.3) is 0 Å². The Morgan fingerprint density at radius 2 is 1.67 bits per heavy atom. The Kier molecular flexibility index (Phi) is 9.20. The lowest BCUT2D eigenvalue weighted by atomic mass is 10.3. The normalized spacial score (nSPS) is 16.4. The van der Waals surface area contributed by atoms with E-state index in [1.807, 2.05) is 0 Å². The first-order chi connectivity index (χ1) is 9.20. The Morgan fingerprint density at radius 1 is 1.29 bits per heavy atom. The molecule has 0 aliphatic heterocycles. The van der Waals surface area contributed by atoms with Gasteiger partial charge in [0.15, 0.2) is 0 Å². The van der Waals surface area contributed by atoms with Crippen molar-refractivity contribution < 1.29 is 45.3 Å². The Morgan fingerprint density at radius 3 is 1.86 bits per heavy atom. The van der Waals surface area contributed by atoms with Gasteiger partial charge in [0, 0.05) is 6.66 Å². The second kappa shape index (κ2) is 8.60. The molecule has 0 saturated carbocycles. The Bertz CT molecular complexity index is 370. The number of hydrogen-bond acceptors (Lipinski definition) is 4. The van der Waals surface area contributed by atoms with E-state index >= 15 is 0 Å². The van der Waals surface area contributed by atoms with Gasteiger partial charge < -0.3 is 15.4 Å². The molecule has 0 radical (unpaired) electrons. The number of halogens is 6. The highest BCUT2D eigenvalue weighted by Crippen LogP contribution is 2.55. The maximum atomic E-state index is 12.4. The standard InChI is InChI=1S/C7H15F3NO2P.C2HF3O2/c1-3-13-14(2,12)6(4-5-11)7(8,9)10;3-2(4,5)1(6)7/h6H,3-5,11H2,1-2H3;(H,6,7). The van der Waals surface area contributed by atoms with Crippen LogP contribution in [-0.4, -0.2) is 48.9 Å². The van der Waals surface area contributed by atoms with Gasteiger partial charge in [-0.15, -0.1) is 0 Å². The molecule has 0 aromatic rings. The van der Waals surface area contributed by atoms with Gasteiger partial charge in [-0.3, -0.25) is 4.57 Å². The van der Waals surface area contributed by atoms with Crippen LogP contribution < -0.4 is 5.73 Å². The van der Waals surface area contributed by atoms with Gasteiger partial charge in [-0.25, -0.2) is 4.79 Å². The summed E-state index contributed by atoms with van der Waals surface area (Å²) in [5.41, 5.74) is 3.10. The van der Waals surface area contributed by atoms with E-state index in [-0.39, 0.29) is 19.6 Å². The predicted octanol–water partition coefficient (Wildman–Crippen LogP) is 2.84. The van der Waals surface area contributed by atoms with Crippen LogP contribution in [0.5, 0.6) is 0 Å². The Balaban J connectivity index is 0. The molecular formula is C9H16F6NO4P. The number of aliphatic carboxylic acids is 1. The molecule has 2 atom stereocenters. The zero-order valence-corrected chi connectivity index (χ0v) is 12.1. The first-order valence-electron chi connectivity index (χ1n) is 5.48. The van der Waals surface area contributed by atoms with Crippen molar-refractivity contribution in [1.29, 1.82) is 0 Å². The van der Waals surface area contributed by atoms with Crippen molar-refractivity contribution in [3.05, 3.63) is 0 Å². The van der Waals surface area contributed by atoms with Crippen LogP contribution in [0.3, 0.4) is 0 Å². The predicted molar refractivity (Wildman–Crippen MR) is 62.4 cm³/mol. The van der Waals surface area contributed by atoms with E-state index in [0.29, 0.717) is 0 Å². The van der Waals surface area contributed by atoms with E-state index in [4.69, 9.17) is 15.6 Å². The van der Waals surface area contributed by atoms with Gasteiger partial charge in [-0.05, 0) is 19.9 Å². The quantitative estimate of drug-likeness (QED) is 0.590. The number of alkyl halides is 6. The summed E-state index contributed by atoms with van der Waals surface area (Å²) < 4.78 is 85.2. The fraction of sp³-hybridized carbons (Fsp3) is 0.889. The van der Waals surface area contributed by atoms with Crippen LogP contribution in [0.4, 0.5) is 26.3 Å². The van der Waals surface area contributed by atoms with Crippen molar-refractivity contribution in [2.24, 2.45) is 5.73 Å². The lowest BCUT2D eigenvalue weighted by Crippen LogP contribution is -2.31. The summed E-state index contributed by atoms with van der Waals surface area (Å²) in [6.45, 7) is 2.36. The minimum Gasteiger partial charge on any atom is -0.475 e. The van der Waals surface area contributed by atoms with E-state index in [2.05, 4.69) is 4.52 Å². The van der Waals surface area contributed by atoms with Crippen LogP contribution in [0.2, 0.25) is 0 Å². The van der Waals surface area contributed by atoms with Crippen LogP contribution in [0, 0.1) is 0 Å². The van der Waals surface area contributed by atoms with E-state index in [1.165, 1.54) is 6.92 Å². The highest BCUT2D eigenvalue weighted by atomic mass is 31.2. The molecule has 0 saturated heterocycles. The molecular weight excluding hydrogens is 331 g/mol. The topological polar surface area (TPSA) is 89.6 Å². The van der Waals surface area contributed by atoms with E-state index in [9.17, 15) is 30.9 Å². The van der Waals surface area contributed by atoms with Crippen LogP contribution >= 0.6 is 7.37 Å². The molecule has 2 unspecified atom stereocenters. The van der Waals surface area contributed by atoms with Crippen molar-refractivity contribution in [3.8, 4) is 0 Å². The van der Waals surface area contributed by atoms with Gasteiger partial charge in [-0.2, -0.15) is 26.3 Å². The molecule has 0 amide bonds. The number of rotatable bonds is 5. The molecule has 0 aliphatic rings. The van der Waals surface area contributed by atoms with E-state index in [1.54, 1.807) is 0 Å². The van der Waals surface area contributed by atoms with Crippen LogP contribution in [-0.2, 0) is 13.9 Å². The third kappa shape index (κ3) is 9.70. The molecule has 21 heavy (non-hydrogen) atoms. The smallest absolute Gasteiger partial charge is 0.475 e. The van der Waals surface area contributed by atoms with Crippen molar-refractivity contribution in [3.63, 3.8) is 0 Å². The molecule has 0 spiro atoms. The van der Waals surface area contributed by atoms with E-state index < -0.39 is 31.3 Å². The van der Waals surface area contributed by atoms with Crippen LogP contribution in [0.15, 0.2) is 0 Å². The molecule has 0 fully saturated rings. The highest BCUT2D eigenvalue weighted by molar-refractivity contribution is 7.59. The van der Waals surface area contributed by atoms with Gasteiger partial charge in [0.05, 0.1) is 6.61 Å². The summed E-state index contributed by atoms with van der Waals surface area (Å²) in [5, 5.41) is 7.12. The molecule has 0 bridgehead atoms. The van der Waals surface area contributed by atoms with Gasteiger partial charge in [0.1, 0.15) is 5.66 Å². The minimum absolute atomic E-state index is 0.00489. The molecule has 0 aromatic carbocycles. The lowest BCUT2D eigenvalue weighted by Gasteiger charge is -2.25. The summed E-state index contributed by atoms with van der Waals surface area (Å²) in [5.74, 6) is -2.76. The van der Waals surface area contributed by atoms with Gasteiger partial charge >= 0.3 is 18.3 Å². The van der Waals surface area contributed by atoms with Crippen molar-refractivity contribution >= 4 is 13.3 Å². The number of carbonyl (C=O) groups is 1. The van der Waals surface area contributed by atoms with Crippen molar-refractivity contribution in [2.75, 3.05) is 19.8 Å². The number of nitrogens with two attached hydrogens (primary N) is 1. The van der Waals surface area contributed by atoms with Crippen molar-refractivity contribution in [2.45, 2.75) is 31.4 Å². The Hall–Kier alpha value is -0.800. The first-order valence-corrected chi connectivity index (χ1v) is 7.62. The Labute approximate surface area is 116 Å². The third-order valence-electron chi connectivity index (χ3n) is 2.01. The summed E-state index contributed by atoms with van der Waals surface area (Å²) in [6.07, 6.45) is -9.96.